The molecule has 0 radical (unpaired) electrons. The average Bonchev–Trinajstić information content (AvgIpc) is 3.02. The molecular formula is C16H27F3O. The fourth-order valence-corrected chi connectivity index (χ4v) is 0.0962. The molecule has 1 atom stereocenters. The summed E-state index contributed by atoms with van der Waals surface area (Å²) in [5.74, 6) is 0.843. The Hall–Kier alpha value is -1.47. The molecule has 0 aromatic rings. The second-order valence-corrected chi connectivity index (χ2v) is 3.84. The van der Waals surface area contributed by atoms with Gasteiger partial charge in [-0.2, -0.15) is 8.78 Å². The molecule has 1 unspecified atom stereocenters. The third kappa shape index (κ3) is 130. The van der Waals surface area contributed by atoms with E-state index in [9.17, 15) is 13.2 Å². The lowest BCUT2D eigenvalue weighted by Crippen LogP contribution is -1.60. The number of allylic oxidation sites excluding steroid dienone is 3. The highest BCUT2D eigenvalue weighted by atomic mass is 19.3. The summed E-state index contributed by atoms with van der Waals surface area (Å²) in [7, 11) is 0. The van der Waals surface area contributed by atoms with E-state index in [2.05, 4.69) is 32.4 Å². The van der Waals surface area contributed by atoms with E-state index in [-0.39, 0.29) is 0 Å². The summed E-state index contributed by atoms with van der Waals surface area (Å²) in [6, 6.07) is 0. The van der Waals surface area contributed by atoms with Gasteiger partial charge >= 0.3 is 6.08 Å². The molecule has 0 aliphatic carbocycles. The van der Waals surface area contributed by atoms with Crippen LogP contribution in [0.5, 0.6) is 0 Å². The molecule has 0 N–H and O–H groups in total. The smallest absolute Gasteiger partial charge is 0.301 e. The van der Waals surface area contributed by atoms with Gasteiger partial charge in [0.15, 0.2) is 5.83 Å². The highest BCUT2D eigenvalue weighted by Crippen LogP contribution is 2.05. The standard InChI is InChI=1S/C4H8.C3H3F3.C3H6O.C3H6.C3H4/c1-4(2)3;1-2(4)3(5)6;1-3-2-4-3;2*1-3-2/h1H2,2-3H3;1H3;3H,2H2,1H3;3H,1H2,2H3;1H,2H3. The van der Waals surface area contributed by atoms with Crippen LogP contribution in [-0.4, -0.2) is 12.7 Å². The first-order valence-corrected chi connectivity index (χ1v) is 5.95. The van der Waals surface area contributed by atoms with Gasteiger partial charge in [-0.3, -0.25) is 0 Å². The molecule has 20 heavy (non-hydrogen) atoms. The van der Waals surface area contributed by atoms with Gasteiger partial charge in [-0.05, 0) is 41.5 Å². The van der Waals surface area contributed by atoms with Gasteiger partial charge in [0.1, 0.15) is 0 Å². The van der Waals surface area contributed by atoms with Crippen molar-refractivity contribution in [1.82, 2.24) is 0 Å². The van der Waals surface area contributed by atoms with Crippen LogP contribution in [0.2, 0.25) is 0 Å². The van der Waals surface area contributed by atoms with E-state index in [4.69, 9.17) is 4.74 Å². The quantitative estimate of drug-likeness (QED) is 0.307. The lowest BCUT2D eigenvalue weighted by molar-refractivity contribution is 0.380. The molecule has 1 rings (SSSR count). The van der Waals surface area contributed by atoms with Crippen LogP contribution >= 0.6 is 0 Å². The Morgan fingerprint density at radius 3 is 1.40 bits per heavy atom. The molecule has 0 aromatic carbocycles. The predicted molar refractivity (Wildman–Crippen MR) is 82.3 cm³/mol. The van der Waals surface area contributed by atoms with E-state index in [0.29, 0.717) is 13.0 Å². The van der Waals surface area contributed by atoms with Crippen LogP contribution < -0.4 is 0 Å². The Kier molecular flexibility index (Phi) is 30.6. The van der Waals surface area contributed by atoms with Gasteiger partial charge in [-0.1, -0.05) is 11.6 Å². The second-order valence-electron chi connectivity index (χ2n) is 3.84. The van der Waals surface area contributed by atoms with E-state index in [1.54, 1.807) is 13.0 Å². The van der Waals surface area contributed by atoms with Crippen LogP contribution in [-0.2, 0) is 4.74 Å². The van der Waals surface area contributed by atoms with Crippen molar-refractivity contribution in [3.63, 3.8) is 0 Å². The van der Waals surface area contributed by atoms with E-state index in [1.165, 1.54) is 5.57 Å². The first-order chi connectivity index (χ1) is 9.10. The van der Waals surface area contributed by atoms with Crippen molar-refractivity contribution in [2.75, 3.05) is 6.61 Å². The Balaban J connectivity index is -0.0000000824. The molecular weight excluding hydrogens is 265 g/mol. The molecule has 0 spiro atoms. The highest BCUT2D eigenvalue weighted by molar-refractivity contribution is 4.84. The second kappa shape index (κ2) is 22.7. The molecule has 1 aliphatic heterocycles. The maximum Gasteiger partial charge on any atom is 0.301 e. The Morgan fingerprint density at radius 2 is 1.40 bits per heavy atom. The lowest BCUT2D eigenvalue weighted by atomic mass is 10.4. The normalized spacial score (nSPS) is 12.7. The summed E-state index contributed by atoms with van der Waals surface area (Å²) in [5.41, 5.74) is 1.17. The third-order valence-corrected chi connectivity index (χ3v) is 0.760. The van der Waals surface area contributed by atoms with Crippen molar-refractivity contribution in [3.05, 3.63) is 36.7 Å². The van der Waals surface area contributed by atoms with Gasteiger partial charge in [0.2, 0.25) is 0 Å². The molecule has 1 heterocycles. The van der Waals surface area contributed by atoms with Gasteiger partial charge < -0.3 is 4.74 Å². The molecule has 4 heteroatoms. The van der Waals surface area contributed by atoms with Crippen LogP contribution in [0.25, 0.3) is 0 Å². The summed E-state index contributed by atoms with van der Waals surface area (Å²) >= 11 is 0. The highest BCUT2D eigenvalue weighted by Gasteiger charge is 2.13. The topological polar surface area (TPSA) is 12.5 Å². The van der Waals surface area contributed by atoms with Crippen LogP contribution in [0.1, 0.15) is 41.5 Å². The largest absolute Gasteiger partial charge is 0.373 e. The summed E-state index contributed by atoms with van der Waals surface area (Å²) in [6.45, 7) is 18.1. The minimum absolute atomic E-state index is 0.583. The first-order valence-electron chi connectivity index (χ1n) is 5.95. The molecule has 1 aliphatic rings. The van der Waals surface area contributed by atoms with Crippen molar-refractivity contribution in [1.29, 1.82) is 0 Å². The number of terminal acetylenes is 1. The SMILES string of the molecule is C#CC.C=C(C)C.C=CC.CC(F)=C(F)F.CC1CO1. The van der Waals surface area contributed by atoms with Gasteiger partial charge in [-0.15, -0.1) is 25.5 Å². The molecule has 0 amide bonds. The Labute approximate surface area is 122 Å². The average molecular weight is 292 g/mol. The third-order valence-electron chi connectivity index (χ3n) is 0.760. The van der Waals surface area contributed by atoms with Crippen LogP contribution in [0.3, 0.4) is 0 Å². The van der Waals surface area contributed by atoms with Crippen molar-refractivity contribution in [2.45, 2.75) is 47.6 Å². The summed E-state index contributed by atoms with van der Waals surface area (Å²) < 4.78 is 37.0. The van der Waals surface area contributed by atoms with Gasteiger partial charge in [0, 0.05) is 0 Å². The minimum atomic E-state index is -2.24. The van der Waals surface area contributed by atoms with Crippen molar-refractivity contribution in [3.8, 4) is 12.3 Å². The number of rotatable bonds is 0. The summed E-state index contributed by atoms with van der Waals surface area (Å²) in [4.78, 5) is 0. The Morgan fingerprint density at radius 1 is 1.30 bits per heavy atom. The van der Waals surface area contributed by atoms with Crippen LogP contribution in [0.15, 0.2) is 36.7 Å². The molecule has 0 bridgehead atoms. The van der Waals surface area contributed by atoms with E-state index in [0.717, 1.165) is 6.61 Å². The number of epoxide rings is 1. The van der Waals surface area contributed by atoms with Gasteiger partial charge in [0.05, 0.1) is 12.7 Å². The number of hydrogen-bond donors (Lipinski definition) is 0. The van der Waals surface area contributed by atoms with Crippen LogP contribution in [0.4, 0.5) is 13.2 Å². The fourth-order valence-electron chi connectivity index (χ4n) is 0.0962. The number of hydrogen-bond acceptors (Lipinski definition) is 1. The first kappa shape index (κ1) is 27.0. The zero-order valence-electron chi connectivity index (χ0n) is 13.4. The Bertz CT molecular complexity index is 275. The molecule has 1 saturated heterocycles. The molecule has 1 fully saturated rings. The van der Waals surface area contributed by atoms with Crippen molar-refractivity contribution in [2.24, 2.45) is 0 Å². The summed E-state index contributed by atoms with van der Waals surface area (Å²) in [5, 5.41) is 0. The fraction of sp³-hybridized carbons (Fsp3) is 0.500. The van der Waals surface area contributed by atoms with Crippen LogP contribution in [0, 0.1) is 12.3 Å². The monoisotopic (exact) mass is 292 g/mol. The minimum Gasteiger partial charge on any atom is -0.373 e. The van der Waals surface area contributed by atoms with Crippen molar-refractivity contribution < 1.29 is 17.9 Å². The molecule has 0 saturated carbocycles. The van der Waals surface area contributed by atoms with E-state index < -0.39 is 11.9 Å². The number of halogens is 3. The van der Waals surface area contributed by atoms with Gasteiger partial charge in [0.25, 0.3) is 0 Å². The maximum absolute atomic E-state index is 11.0. The zero-order valence-corrected chi connectivity index (χ0v) is 13.4. The van der Waals surface area contributed by atoms with Gasteiger partial charge in [-0.25, -0.2) is 4.39 Å². The zero-order chi connectivity index (χ0) is 17.1. The van der Waals surface area contributed by atoms with E-state index >= 15 is 0 Å². The predicted octanol–water partition coefficient (Wildman–Crippen LogP) is 5.90. The molecule has 0 aromatic heterocycles. The molecule has 118 valence electrons. The maximum atomic E-state index is 11.0. The lowest BCUT2D eigenvalue weighted by Gasteiger charge is -1.73. The molecule has 1 nitrogen and oxygen atoms in total. The van der Waals surface area contributed by atoms with Crippen molar-refractivity contribution >= 4 is 0 Å². The number of ether oxygens (including phenoxy) is 1. The van der Waals surface area contributed by atoms with E-state index in [1.807, 2.05) is 20.8 Å². The summed E-state index contributed by atoms with van der Waals surface area (Å²) in [6.07, 6.45) is 4.69.